The van der Waals surface area contributed by atoms with Crippen molar-refractivity contribution in [3.05, 3.63) is 82.1 Å². The molecule has 0 fully saturated rings. The maximum absolute atomic E-state index is 13.7. The fourth-order valence-electron chi connectivity index (χ4n) is 3.26. The molecule has 1 aliphatic rings. The molecule has 9 heteroatoms. The number of anilines is 1. The van der Waals surface area contributed by atoms with Gasteiger partial charge in [-0.25, -0.2) is 22.0 Å². The van der Waals surface area contributed by atoms with Crippen LogP contribution in [-0.2, 0) is 19.4 Å². The van der Waals surface area contributed by atoms with E-state index in [1.165, 1.54) is 23.3 Å². The number of rotatable bonds is 5. The summed E-state index contributed by atoms with van der Waals surface area (Å²) in [6.07, 6.45) is 3.11. The maximum Gasteiger partial charge on any atom is 0.291 e. The number of benzene rings is 2. The Bertz CT molecular complexity index is 1110. The van der Waals surface area contributed by atoms with Crippen molar-refractivity contribution in [1.29, 1.82) is 0 Å². The lowest BCUT2D eigenvalue weighted by molar-refractivity contribution is 0.0991. The smallest absolute Gasteiger partial charge is 0.291 e. The molecule has 0 bridgehead atoms. The summed E-state index contributed by atoms with van der Waals surface area (Å²) in [6, 6.07) is 8.35. The molecule has 4 rings (SSSR count). The van der Waals surface area contributed by atoms with Crippen LogP contribution in [0.4, 0.5) is 27.6 Å². The average Bonchev–Trinajstić information content (AvgIpc) is 3.41. The number of carbonyl (C=O) groups is 1. The van der Waals surface area contributed by atoms with Gasteiger partial charge in [-0.2, -0.15) is 0 Å². The topological polar surface area (TPSA) is 51.5 Å². The number of hydrogen-bond acceptors (Lipinski definition) is 3. The normalized spacial score (nSPS) is 12.7. The van der Waals surface area contributed by atoms with Gasteiger partial charge < -0.3 is 14.5 Å². The van der Waals surface area contributed by atoms with Crippen LogP contribution >= 0.6 is 0 Å². The van der Waals surface area contributed by atoms with Gasteiger partial charge in [-0.3, -0.25) is 4.79 Å². The summed E-state index contributed by atoms with van der Waals surface area (Å²) >= 11 is 0. The summed E-state index contributed by atoms with van der Waals surface area (Å²) in [5, 5.41) is 1.65. The Balaban J connectivity index is 1.45. The quantitative estimate of drug-likeness (QED) is 0.345. The Hall–Kier alpha value is -3.36. The van der Waals surface area contributed by atoms with Crippen molar-refractivity contribution in [2.75, 3.05) is 5.32 Å². The van der Waals surface area contributed by atoms with E-state index in [0.717, 1.165) is 19.3 Å². The third-order valence-corrected chi connectivity index (χ3v) is 4.78. The van der Waals surface area contributed by atoms with Crippen LogP contribution in [0.15, 0.2) is 34.7 Å². The Labute approximate surface area is 167 Å². The Morgan fingerprint density at radius 2 is 1.57 bits per heavy atom. The van der Waals surface area contributed by atoms with Gasteiger partial charge in [-0.1, -0.05) is 6.07 Å². The minimum Gasteiger partial charge on any atom is -0.486 e. The van der Waals surface area contributed by atoms with Crippen LogP contribution in [-0.4, -0.2) is 5.91 Å². The van der Waals surface area contributed by atoms with Gasteiger partial charge in [0.1, 0.15) is 23.8 Å². The molecule has 1 aliphatic carbocycles. The first-order valence-corrected chi connectivity index (χ1v) is 9.01. The van der Waals surface area contributed by atoms with Gasteiger partial charge in [0.25, 0.3) is 5.91 Å². The van der Waals surface area contributed by atoms with Gasteiger partial charge >= 0.3 is 0 Å². The van der Waals surface area contributed by atoms with Gasteiger partial charge in [0.2, 0.25) is 5.82 Å². The summed E-state index contributed by atoms with van der Waals surface area (Å²) in [6.45, 7) is -0.0193. The molecule has 0 spiro atoms. The number of nitrogens with one attached hydrogen (secondary N) is 1. The van der Waals surface area contributed by atoms with Crippen LogP contribution in [0.2, 0.25) is 0 Å². The molecule has 0 aliphatic heterocycles. The van der Waals surface area contributed by atoms with E-state index in [-0.39, 0.29) is 18.1 Å². The minimum absolute atomic E-state index is 0.0193. The van der Waals surface area contributed by atoms with Gasteiger partial charge in [0.05, 0.1) is 0 Å². The van der Waals surface area contributed by atoms with Crippen LogP contribution in [0.25, 0.3) is 0 Å². The second-order valence-electron chi connectivity index (χ2n) is 6.74. The molecule has 1 heterocycles. The van der Waals surface area contributed by atoms with Crippen LogP contribution in [0.1, 0.15) is 33.9 Å². The van der Waals surface area contributed by atoms with Gasteiger partial charge in [0, 0.05) is 0 Å². The van der Waals surface area contributed by atoms with E-state index in [1.54, 1.807) is 5.32 Å². The highest BCUT2D eigenvalue weighted by Gasteiger charge is 2.27. The standard InChI is InChI=1S/C21H14F5NO3/c22-15-16(23)18(25)20(19(26)17(15)24)27-21(28)14-7-6-13(30-14)9-29-12-5-4-10-2-1-3-11(10)8-12/h4-8H,1-3,9H2,(H,27,28). The van der Waals surface area contributed by atoms with Crippen molar-refractivity contribution in [2.24, 2.45) is 0 Å². The molecule has 0 saturated heterocycles. The summed E-state index contributed by atoms with van der Waals surface area (Å²) in [4.78, 5) is 12.1. The number of carbonyl (C=O) groups excluding carboxylic acids is 1. The predicted molar refractivity (Wildman–Crippen MR) is 95.7 cm³/mol. The number of hydrogen-bond donors (Lipinski definition) is 1. The molecule has 1 amide bonds. The molecule has 0 unspecified atom stereocenters. The largest absolute Gasteiger partial charge is 0.486 e. The molecule has 0 saturated carbocycles. The van der Waals surface area contributed by atoms with Gasteiger partial charge in [-0.05, 0) is 54.7 Å². The van der Waals surface area contributed by atoms with Crippen LogP contribution in [0.5, 0.6) is 5.75 Å². The SMILES string of the molecule is O=C(Nc1c(F)c(F)c(F)c(F)c1F)c1ccc(COc2ccc3c(c2)CCC3)o1. The van der Waals surface area contributed by atoms with E-state index < -0.39 is 40.7 Å². The molecule has 156 valence electrons. The highest BCUT2D eigenvalue weighted by molar-refractivity contribution is 6.02. The van der Waals surface area contributed by atoms with Crippen LogP contribution < -0.4 is 10.1 Å². The highest BCUT2D eigenvalue weighted by atomic mass is 19.2. The fraction of sp³-hybridized carbons (Fsp3) is 0.190. The van der Waals surface area contributed by atoms with Crippen molar-refractivity contribution < 1.29 is 35.9 Å². The predicted octanol–water partition coefficient (Wildman–Crippen LogP) is 5.30. The number of furan rings is 1. The van der Waals surface area contributed by atoms with E-state index in [1.807, 2.05) is 18.2 Å². The maximum atomic E-state index is 13.7. The van der Waals surface area contributed by atoms with Crippen molar-refractivity contribution in [3.8, 4) is 5.75 Å². The molecule has 2 aromatic carbocycles. The first-order chi connectivity index (χ1) is 14.3. The molecule has 3 aromatic rings. The molecule has 0 atom stereocenters. The van der Waals surface area contributed by atoms with E-state index in [0.29, 0.717) is 5.75 Å². The second-order valence-corrected chi connectivity index (χ2v) is 6.74. The summed E-state index contributed by atoms with van der Waals surface area (Å²) in [5.41, 5.74) is 1.05. The lowest BCUT2D eigenvalue weighted by Crippen LogP contribution is -2.16. The Morgan fingerprint density at radius 1 is 0.900 bits per heavy atom. The average molecular weight is 423 g/mol. The monoisotopic (exact) mass is 423 g/mol. The zero-order chi connectivity index (χ0) is 21.4. The number of fused-ring (bicyclic) bond motifs is 1. The second kappa shape index (κ2) is 7.81. The summed E-state index contributed by atoms with van der Waals surface area (Å²) in [5.74, 6) is -11.6. The molecule has 4 nitrogen and oxygen atoms in total. The van der Waals surface area contributed by atoms with Crippen molar-refractivity contribution in [1.82, 2.24) is 0 Å². The van der Waals surface area contributed by atoms with Crippen molar-refractivity contribution in [2.45, 2.75) is 25.9 Å². The third kappa shape index (κ3) is 3.62. The molecule has 1 N–H and O–H groups in total. The summed E-state index contributed by atoms with van der Waals surface area (Å²) in [7, 11) is 0. The molecule has 0 radical (unpaired) electrons. The van der Waals surface area contributed by atoms with Gasteiger partial charge in [0.15, 0.2) is 29.0 Å². The third-order valence-electron chi connectivity index (χ3n) is 4.78. The zero-order valence-corrected chi connectivity index (χ0v) is 15.3. The number of halogens is 5. The Kier molecular flexibility index (Phi) is 5.19. The molecule has 1 aromatic heterocycles. The Morgan fingerprint density at radius 3 is 2.30 bits per heavy atom. The van der Waals surface area contributed by atoms with E-state index in [2.05, 4.69) is 0 Å². The summed E-state index contributed by atoms with van der Waals surface area (Å²) < 4.78 is 77.9. The molecular formula is C21H14F5NO3. The first-order valence-electron chi connectivity index (χ1n) is 9.01. The zero-order valence-electron chi connectivity index (χ0n) is 15.3. The van der Waals surface area contributed by atoms with Gasteiger partial charge in [-0.15, -0.1) is 0 Å². The molecule has 30 heavy (non-hydrogen) atoms. The number of amides is 1. The van der Waals surface area contributed by atoms with Crippen LogP contribution in [0.3, 0.4) is 0 Å². The van der Waals surface area contributed by atoms with Crippen LogP contribution in [0, 0.1) is 29.1 Å². The van der Waals surface area contributed by atoms with Crippen molar-refractivity contribution >= 4 is 11.6 Å². The minimum atomic E-state index is -2.31. The lowest BCUT2D eigenvalue weighted by Gasteiger charge is -2.09. The van der Waals surface area contributed by atoms with Crippen molar-refractivity contribution in [3.63, 3.8) is 0 Å². The molecular weight excluding hydrogens is 409 g/mol. The highest BCUT2D eigenvalue weighted by Crippen LogP contribution is 2.28. The first kappa shape index (κ1) is 19.9. The number of ether oxygens (including phenoxy) is 1. The fourth-order valence-corrected chi connectivity index (χ4v) is 3.26. The van der Waals surface area contributed by atoms with E-state index in [4.69, 9.17) is 9.15 Å². The van der Waals surface area contributed by atoms with E-state index in [9.17, 15) is 26.7 Å². The van der Waals surface area contributed by atoms with E-state index >= 15 is 0 Å². The number of aryl methyl sites for hydroxylation is 2. The lowest BCUT2D eigenvalue weighted by atomic mass is 10.1.